The Balaban J connectivity index is 1.89. The third-order valence-electron chi connectivity index (χ3n) is 4.58. The van der Waals surface area contributed by atoms with E-state index in [9.17, 15) is 18.0 Å². The molecular weight excluding hydrogens is 341 g/mol. The number of fused-ring (bicyclic) bond motifs is 1. The van der Waals surface area contributed by atoms with Crippen molar-refractivity contribution in [3.05, 3.63) is 59.2 Å². The number of hydrogen-bond acceptors (Lipinski definition) is 1. The van der Waals surface area contributed by atoms with E-state index >= 15 is 0 Å². The minimum absolute atomic E-state index is 0.0954. The molecule has 0 radical (unpaired) electrons. The number of nitrogens with one attached hydrogen (secondary N) is 1. The second kappa shape index (κ2) is 7.40. The highest BCUT2D eigenvalue weighted by Gasteiger charge is 2.31. The van der Waals surface area contributed by atoms with E-state index in [4.69, 9.17) is 0 Å². The summed E-state index contributed by atoms with van der Waals surface area (Å²) in [6, 6.07) is 10.9. The molecule has 1 aliphatic rings. The van der Waals surface area contributed by atoms with Gasteiger partial charge in [-0.05, 0) is 47.2 Å². The summed E-state index contributed by atoms with van der Waals surface area (Å²) >= 11 is 0. The van der Waals surface area contributed by atoms with E-state index in [1.165, 1.54) is 12.1 Å². The van der Waals surface area contributed by atoms with E-state index in [1.807, 2.05) is 25.1 Å². The van der Waals surface area contributed by atoms with Crippen molar-refractivity contribution in [1.29, 1.82) is 0 Å². The maximum absolute atomic E-state index is 13.0. The number of hydrogen-bond donors (Lipinski definition) is 1. The largest absolute Gasteiger partial charge is 0.416 e. The van der Waals surface area contributed by atoms with Crippen molar-refractivity contribution < 1.29 is 18.0 Å². The summed E-state index contributed by atoms with van der Waals surface area (Å²) < 4.78 is 39.0. The molecule has 0 fully saturated rings. The third-order valence-corrected chi connectivity index (χ3v) is 4.58. The fraction of sp³-hybridized carbons (Fsp3) is 0.350. The Morgan fingerprint density at radius 2 is 1.96 bits per heavy atom. The second-order valence-electron chi connectivity index (χ2n) is 6.43. The fourth-order valence-electron chi connectivity index (χ4n) is 3.26. The number of carbonyl (C=O) groups excluding carboxylic acids is 1. The standard InChI is InChI=1S/C20H21F3N2O/c1-2-10-24-19(26)25-11-9-18-15(13-25)6-4-8-17(18)14-5-3-7-16(12-14)20(21,22)23/h3-8,12H,2,9-11,13H2,1H3,(H,24,26). The van der Waals surface area contributed by atoms with Crippen LogP contribution in [-0.2, 0) is 19.1 Å². The number of benzene rings is 2. The number of amides is 2. The first kappa shape index (κ1) is 18.3. The zero-order valence-corrected chi connectivity index (χ0v) is 14.6. The lowest BCUT2D eigenvalue weighted by Crippen LogP contribution is -2.43. The smallest absolute Gasteiger partial charge is 0.338 e. The molecule has 0 aliphatic carbocycles. The molecule has 1 N–H and O–H groups in total. The highest BCUT2D eigenvalue weighted by atomic mass is 19.4. The first-order valence-electron chi connectivity index (χ1n) is 8.71. The monoisotopic (exact) mass is 362 g/mol. The lowest BCUT2D eigenvalue weighted by atomic mass is 9.90. The van der Waals surface area contributed by atoms with Gasteiger partial charge in [-0.25, -0.2) is 4.79 Å². The van der Waals surface area contributed by atoms with Gasteiger partial charge in [0.05, 0.1) is 5.56 Å². The first-order valence-corrected chi connectivity index (χ1v) is 8.71. The van der Waals surface area contributed by atoms with Gasteiger partial charge in [0.15, 0.2) is 0 Å². The molecule has 0 spiro atoms. The number of alkyl halides is 3. The van der Waals surface area contributed by atoms with Crippen LogP contribution in [0.3, 0.4) is 0 Å². The molecule has 1 heterocycles. The molecule has 0 bridgehead atoms. The molecule has 0 saturated heterocycles. The Hall–Kier alpha value is -2.50. The summed E-state index contributed by atoms with van der Waals surface area (Å²) in [5.41, 5.74) is 2.72. The summed E-state index contributed by atoms with van der Waals surface area (Å²) in [5.74, 6) is 0. The van der Waals surface area contributed by atoms with Crippen LogP contribution in [0.4, 0.5) is 18.0 Å². The summed E-state index contributed by atoms with van der Waals surface area (Å²) in [4.78, 5) is 13.9. The van der Waals surface area contributed by atoms with Crippen molar-refractivity contribution in [3.8, 4) is 11.1 Å². The molecule has 2 aromatic carbocycles. The molecule has 0 saturated carbocycles. The molecule has 2 amide bonds. The molecule has 138 valence electrons. The molecule has 3 nitrogen and oxygen atoms in total. The van der Waals surface area contributed by atoms with E-state index in [2.05, 4.69) is 5.32 Å². The normalized spacial score (nSPS) is 14.1. The predicted octanol–water partition coefficient (Wildman–Crippen LogP) is 4.85. The van der Waals surface area contributed by atoms with Gasteiger partial charge in [0, 0.05) is 19.6 Å². The number of halogens is 3. The topological polar surface area (TPSA) is 32.3 Å². The molecule has 26 heavy (non-hydrogen) atoms. The zero-order valence-electron chi connectivity index (χ0n) is 14.6. The van der Waals surface area contributed by atoms with Crippen molar-refractivity contribution >= 4 is 6.03 Å². The van der Waals surface area contributed by atoms with Gasteiger partial charge >= 0.3 is 12.2 Å². The van der Waals surface area contributed by atoms with Crippen LogP contribution in [0.25, 0.3) is 11.1 Å². The van der Waals surface area contributed by atoms with E-state index in [0.717, 1.165) is 29.2 Å². The quantitative estimate of drug-likeness (QED) is 0.832. The second-order valence-corrected chi connectivity index (χ2v) is 6.43. The molecular formula is C20H21F3N2O. The summed E-state index contributed by atoms with van der Waals surface area (Å²) in [7, 11) is 0. The van der Waals surface area contributed by atoms with Crippen molar-refractivity contribution in [2.24, 2.45) is 0 Å². The van der Waals surface area contributed by atoms with Crippen molar-refractivity contribution in [3.63, 3.8) is 0 Å². The molecule has 0 aromatic heterocycles. The average molecular weight is 362 g/mol. The number of rotatable bonds is 3. The van der Waals surface area contributed by atoms with Gasteiger partial charge in [0.2, 0.25) is 0 Å². The van der Waals surface area contributed by atoms with Crippen LogP contribution in [0.15, 0.2) is 42.5 Å². The lowest BCUT2D eigenvalue weighted by Gasteiger charge is -2.30. The van der Waals surface area contributed by atoms with Gasteiger partial charge in [-0.3, -0.25) is 0 Å². The molecule has 0 atom stereocenters. The van der Waals surface area contributed by atoms with Gasteiger partial charge in [0.1, 0.15) is 0 Å². The van der Waals surface area contributed by atoms with Gasteiger partial charge in [-0.2, -0.15) is 13.2 Å². The van der Waals surface area contributed by atoms with Crippen LogP contribution in [0, 0.1) is 0 Å². The third kappa shape index (κ3) is 3.84. The molecule has 3 rings (SSSR count). The number of nitrogens with zero attached hydrogens (tertiary/aromatic N) is 1. The Morgan fingerprint density at radius 3 is 2.69 bits per heavy atom. The zero-order chi connectivity index (χ0) is 18.7. The van der Waals surface area contributed by atoms with E-state index in [1.54, 1.807) is 11.0 Å². The van der Waals surface area contributed by atoms with Gasteiger partial charge in [-0.1, -0.05) is 37.3 Å². The summed E-state index contributed by atoms with van der Waals surface area (Å²) in [6.07, 6.45) is -2.86. The average Bonchev–Trinajstić information content (AvgIpc) is 2.64. The van der Waals surface area contributed by atoms with Crippen molar-refractivity contribution in [1.82, 2.24) is 10.2 Å². The van der Waals surface area contributed by atoms with Crippen LogP contribution in [0.1, 0.15) is 30.0 Å². The van der Waals surface area contributed by atoms with Gasteiger partial charge in [-0.15, -0.1) is 0 Å². The lowest BCUT2D eigenvalue weighted by molar-refractivity contribution is -0.137. The number of carbonyl (C=O) groups is 1. The van der Waals surface area contributed by atoms with E-state index in [0.29, 0.717) is 31.6 Å². The van der Waals surface area contributed by atoms with Crippen LogP contribution in [0.5, 0.6) is 0 Å². The predicted molar refractivity (Wildman–Crippen MR) is 94.7 cm³/mol. The van der Waals surface area contributed by atoms with Crippen LogP contribution in [-0.4, -0.2) is 24.0 Å². The Kier molecular flexibility index (Phi) is 5.20. The van der Waals surface area contributed by atoms with Crippen LogP contribution >= 0.6 is 0 Å². The molecule has 2 aromatic rings. The Labute approximate surface area is 150 Å². The van der Waals surface area contributed by atoms with Gasteiger partial charge in [0.25, 0.3) is 0 Å². The molecule has 1 aliphatic heterocycles. The summed E-state index contributed by atoms with van der Waals surface area (Å²) in [5, 5.41) is 2.87. The minimum atomic E-state index is -4.36. The number of urea groups is 1. The Morgan fingerprint density at radius 1 is 1.19 bits per heavy atom. The molecule has 6 heteroatoms. The fourth-order valence-corrected chi connectivity index (χ4v) is 3.26. The van der Waals surface area contributed by atoms with Crippen molar-refractivity contribution in [2.75, 3.05) is 13.1 Å². The Bertz CT molecular complexity index is 802. The SMILES string of the molecule is CCCNC(=O)N1CCc2c(cccc2-c2cccc(C(F)(F)F)c2)C1. The van der Waals surface area contributed by atoms with Crippen LogP contribution < -0.4 is 5.32 Å². The molecule has 0 unspecified atom stereocenters. The van der Waals surface area contributed by atoms with Gasteiger partial charge < -0.3 is 10.2 Å². The maximum atomic E-state index is 13.0. The maximum Gasteiger partial charge on any atom is 0.416 e. The first-order chi connectivity index (χ1) is 12.4. The van der Waals surface area contributed by atoms with Crippen molar-refractivity contribution in [2.45, 2.75) is 32.5 Å². The van der Waals surface area contributed by atoms with E-state index in [-0.39, 0.29) is 6.03 Å². The summed E-state index contributed by atoms with van der Waals surface area (Å²) in [6.45, 7) is 3.65. The highest BCUT2D eigenvalue weighted by Crippen LogP contribution is 2.35. The van der Waals surface area contributed by atoms with Crippen LogP contribution in [0.2, 0.25) is 0 Å². The van der Waals surface area contributed by atoms with E-state index < -0.39 is 11.7 Å². The minimum Gasteiger partial charge on any atom is -0.338 e. The highest BCUT2D eigenvalue weighted by molar-refractivity contribution is 5.76.